The van der Waals surface area contributed by atoms with E-state index in [9.17, 15) is 14.7 Å². The number of amides is 1. The van der Waals surface area contributed by atoms with Crippen molar-refractivity contribution in [1.29, 1.82) is 0 Å². The lowest BCUT2D eigenvalue weighted by Crippen LogP contribution is -2.56. The Morgan fingerprint density at radius 1 is 1.39 bits per heavy atom. The molecule has 0 spiro atoms. The number of ether oxygens (including phenoxy) is 1. The average molecular weight is 257 g/mol. The number of carbonyl (C=O) groups excluding carboxylic acids is 1. The van der Waals surface area contributed by atoms with Gasteiger partial charge in [0.05, 0.1) is 6.61 Å². The Bertz CT molecular complexity index is 295. The highest BCUT2D eigenvalue weighted by atomic mass is 16.5. The summed E-state index contributed by atoms with van der Waals surface area (Å²) in [6, 6.07) is 0. The third-order valence-electron chi connectivity index (χ3n) is 3.86. The summed E-state index contributed by atoms with van der Waals surface area (Å²) in [5.41, 5.74) is -1.06. The summed E-state index contributed by atoms with van der Waals surface area (Å²) in [5.74, 6) is -0.564. The normalized spacial score (nSPS) is 27.8. The molecule has 0 aliphatic heterocycles. The lowest BCUT2D eigenvalue weighted by atomic mass is 9.75. The summed E-state index contributed by atoms with van der Waals surface area (Å²) in [7, 11) is 1.52. The Hall–Kier alpha value is -1.10. The quantitative estimate of drug-likeness (QED) is 0.757. The maximum Gasteiger partial charge on any atom is 0.329 e. The molecule has 0 aromatic carbocycles. The molecule has 0 heterocycles. The molecule has 1 aliphatic rings. The van der Waals surface area contributed by atoms with Gasteiger partial charge in [0.1, 0.15) is 5.54 Å². The minimum atomic E-state index is -1.06. The molecule has 5 heteroatoms. The molecule has 0 unspecified atom stereocenters. The summed E-state index contributed by atoms with van der Waals surface area (Å²) < 4.78 is 4.82. The van der Waals surface area contributed by atoms with Crippen LogP contribution in [-0.4, -0.2) is 36.2 Å². The molecule has 0 radical (unpaired) electrons. The topological polar surface area (TPSA) is 75.6 Å². The van der Waals surface area contributed by atoms with Gasteiger partial charge < -0.3 is 15.2 Å². The van der Waals surface area contributed by atoms with Crippen molar-refractivity contribution in [2.75, 3.05) is 13.7 Å². The first-order chi connectivity index (χ1) is 8.54. The molecule has 18 heavy (non-hydrogen) atoms. The van der Waals surface area contributed by atoms with Crippen LogP contribution in [0.5, 0.6) is 0 Å². The SMILES string of the molecule is CCC1CCC(NC(=O)CCOC)(C(=O)O)CC1. The van der Waals surface area contributed by atoms with Crippen molar-refractivity contribution >= 4 is 11.9 Å². The Morgan fingerprint density at radius 3 is 2.44 bits per heavy atom. The lowest BCUT2D eigenvalue weighted by Gasteiger charge is -2.37. The second kappa shape index (κ2) is 6.73. The Balaban J connectivity index is 2.60. The molecule has 0 saturated heterocycles. The van der Waals surface area contributed by atoms with E-state index in [-0.39, 0.29) is 12.3 Å². The van der Waals surface area contributed by atoms with E-state index in [0.717, 1.165) is 19.3 Å². The van der Waals surface area contributed by atoms with E-state index in [1.165, 1.54) is 7.11 Å². The fraction of sp³-hybridized carbons (Fsp3) is 0.846. The van der Waals surface area contributed by atoms with Gasteiger partial charge in [-0.25, -0.2) is 4.79 Å². The summed E-state index contributed by atoms with van der Waals surface area (Å²) in [4.78, 5) is 23.1. The molecule has 0 bridgehead atoms. The number of aliphatic carboxylic acids is 1. The molecule has 1 amide bonds. The molecule has 104 valence electrons. The highest BCUT2D eigenvalue weighted by molar-refractivity contribution is 5.87. The first-order valence-electron chi connectivity index (χ1n) is 6.57. The average Bonchev–Trinajstić information content (AvgIpc) is 2.37. The van der Waals surface area contributed by atoms with Crippen LogP contribution in [0.3, 0.4) is 0 Å². The number of hydrogen-bond acceptors (Lipinski definition) is 3. The Labute approximate surface area is 108 Å². The van der Waals surface area contributed by atoms with Gasteiger partial charge in [0.2, 0.25) is 5.91 Å². The molecule has 0 aromatic rings. The second-order valence-electron chi connectivity index (χ2n) is 5.03. The number of methoxy groups -OCH3 is 1. The van der Waals surface area contributed by atoms with Crippen molar-refractivity contribution in [2.24, 2.45) is 5.92 Å². The summed E-state index contributed by atoms with van der Waals surface area (Å²) in [5, 5.41) is 12.1. The van der Waals surface area contributed by atoms with E-state index >= 15 is 0 Å². The van der Waals surface area contributed by atoms with Crippen molar-refractivity contribution in [3.8, 4) is 0 Å². The predicted molar refractivity (Wildman–Crippen MR) is 67.3 cm³/mol. The van der Waals surface area contributed by atoms with E-state index < -0.39 is 11.5 Å². The Morgan fingerprint density at radius 2 is 2.00 bits per heavy atom. The number of carbonyl (C=O) groups is 2. The summed E-state index contributed by atoms with van der Waals surface area (Å²) in [6.07, 6.45) is 4.08. The van der Waals surface area contributed by atoms with Gasteiger partial charge in [-0.05, 0) is 31.6 Å². The summed E-state index contributed by atoms with van der Waals surface area (Å²) in [6.45, 7) is 2.44. The molecule has 1 saturated carbocycles. The van der Waals surface area contributed by atoms with Crippen molar-refractivity contribution in [3.05, 3.63) is 0 Å². The third-order valence-corrected chi connectivity index (χ3v) is 3.86. The van der Waals surface area contributed by atoms with Crippen LogP contribution in [0.4, 0.5) is 0 Å². The smallest absolute Gasteiger partial charge is 0.329 e. The monoisotopic (exact) mass is 257 g/mol. The van der Waals surface area contributed by atoms with Gasteiger partial charge in [-0.3, -0.25) is 4.79 Å². The molecule has 1 aliphatic carbocycles. The maximum atomic E-state index is 11.7. The fourth-order valence-electron chi connectivity index (χ4n) is 2.50. The third kappa shape index (κ3) is 3.70. The number of rotatable bonds is 6. The molecule has 0 aromatic heterocycles. The first kappa shape index (κ1) is 15.0. The van der Waals surface area contributed by atoms with Crippen molar-refractivity contribution in [3.63, 3.8) is 0 Å². The fourth-order valence-corrected chi connectivity index (χ4v) is 2.50. The van der Waals surface area contributed by atoms with Crippen LogP contribution in [0.2, 0.25) is 0 Å². The van der Waals surface area contributed by atoms with Crippen molar-refractivity contribution in [2.45, 2.75) is 51.0 Å². The molecule has 2 N–H and O–H groups in total. The summed E-state index contributed by atoms with van der Waals surface area (Å²) >= 11 is 0. The van der Waals surface area contributed by atoms with E-state index in [0.29, 0.717) is 25.4 Å². The number of nitrogens with one attached hydrogen (secondary N) is 1. The van der Waals surface area contributed by atoms with Gasteiger partial charge in [0.15, 0.2) is 0 Å². The first-order valence-corrected chi connectivity index (χ1v) is 6.57. The van der Waals surface area contributed by atoms with Crippen LogP contribution < -0.4 is 5.32 Å². The highest BCUT2D eigenvalue weighted by Crippen LogP contribution is 2.34. The van der Waals surface area contributed by atoms with Gasteiger partial charge in [0, 0.05) is 13.5 Å². The van der Waals surface area contributed by atoms with Crippen LogP contribution in [0, 0.1) is 5.92 Å². The second-order valence-corrected chi connectivity index (χ2v) is 5.03. The molecule has 0 atom stereocenters. The minimum Gasteiger partial charge on any atom is -0.480 e. The maximum absolute atomic E-state index is 11.7. The molecule has 5 nitrogen and oxygen atoms in total. The Kier molecular flexibility index (Phi) is 5.59. The van der Waals surface area contributed by atoms with E-state index in [2.05, 4.69) is 12.2 Å². The van der Waals surface area contributed by atoms with Crippen LogP contribution in [0.25, 0.3) is 0 Å². The predicted octanol–water partition coefficient (Wildman–Crippen LogP) is 1.56. The zero-order valence-corrected chi connectivity index (χ0v) is 11.2. The molecule has 1 rings (SSSR count). The largest absolute Gasteiger partial charge is 0.480 e. The zero-order chi connectivity index (χ0) is 13.6. The lowest BCUT2D eigenvalue weighted by molar-refractivity contribution is -0.150. The number of carboxylic acid groups (broad SMARTS) is 1. The van der Waals surface area contributed by atoms with E-state index in [4.69, 9.17) is 4.74 Å². The minimum absolute atomic E-state index is 0.211. The van der Waals surface area contributed by atoms with Crippen LogP contribution in [0.1, 0.15) is 45.4 Å². The van der Waals surface area contributed by atoms with Crippen LogP contribution in [0.15, 0.2) is 0 Å². The number of hydrogen-bond donors (Lipinski definition) is 2. The molecular weight excluding hydrogens is 234 g/mol. The molecule has 1 fully saturated rings. The van der Waals surface area contributed by atoms with Crippen LogP contribution in [-0.2, 0) is 14.3 Å². The van der Waals surface area contributed by atoms with Crippen molar-refractivity contribution < 1.29 is 19.4 Å². The zero-order valence-electron chi connectivity index (χ0n) is 11.2. The standard InChI is InChI=1S/C13H23NO4/c1-3-10-4-7-13(8-5-10,12(16)17)14-11(15)6-9-18-2/h10H,3-9H2,1-2H3,(H,14,15)(H,16,17). The van der Waals surface area contributed by atoms with Gasteiger partial charge >= 0.3 is 5.97 Å². The highest BCUT2D eigenvalue weighted by Gasteiger charge is 2.42. The van der Waals surface area contributed by atoms with E-state index in [1.54, 1.807) is 0 Å². The van der Waals surface area contributed by atoms with Crippen molar-refractivity contribution in [1.82, 2.24) is 5.32 Å². The van der Waals surface area contributed by atoms with Gasteiger partial charge in [0.25, 0.3) is 0 Å². The van der Waals surface area contributed by atoms with Crippen LogP contribution >= 0.6 is 0 Å². The van der Waals surface area contributed by atoms with Gasteiger partial charge in [-0.2, -0.15) is 0 Å². The molecular formula is C13H23NO4. The van der Waals surface area contributed by atoms with Gasteiger partial charge in [-0.1, -0.05) is 13.3 Å². The number of carboxylic acids is 1. The van der Waals surface area contributed by atoms with E-state index in [1.807, 2.05) is 0 Å². The van der Waals surface area contributed by atoms with Gasteiger partial charge in [-0.15, -0.1) is 0 Å².